The van der Waals surface area contributed by atoms with Crippen molar-refractivity contribution in [2.75, 3.05) is 13.1 Å². The van der Waals surface area contributed by atoms with Crippen LogP contribution in [0.4, 0.5) is 0 Å². The second-order valence-electron chi connectivity index (χ2n) is 5.34. The second-order valence-corrected chi connectivity index (χ2v) is 5.34. The van der Waals surface area contributed by atoms with Crippen molar-refractivity contribution >= 4 is 16.8 Å². The van der Waals surface area contributed by atoms with Crippen LogP contribution in [0.3, 0.4) is 0 Å². The molecular formula is C17H24N2O. The number of amides is 1. The smallest absolute Gasteiger partial charge is 0.270 e. The molecule has 0 fully saturated rings. The van der Waals surface area contributed by atoms with E-state index in [0.29, 0.717) is 0 Å². The molecule has 0 aliphatic carbocycles. The third-order valence-corrected chi connectivity index (χ3v) is 3.84. The minimum Gasteiger partial charge on any atom is -0.339 e. The van der Waals surface area contributed by atoms with E-state index in [1.807, 2.05) is 35.6 Å². The highest BCUT2D eigenvalue weighted by atomic mass is 16.2. The van der Waals surface area contributed by atoms with Gasteiger partial charge in [-0.05, 0) is 31.4 Å². The molecule has 0 saturated heterocycles. The summed E-state index contributed by atoms with van der Waals surface area (Å²) in [7, 11) is 1.98. The Kier molecular flexibility index (Phi) is 4.48. The first kappa shape index (κ1) is 14.6. The fourth-order valence-corrected chi connectivity index (χ4v) is 2.89. The number of para-hydroxylation sites is 1. The molecule has 108 valence electrons. The van der Waals surface area contributed by atoms with Gasteiger partial charge in [0, 0.05) is 31.0 Å². The quantitative estimate of drug-likeness (QED) is 0.813. The van der Waals surface area contributed by atoms with Crippen molar-refractivity contribution in [1.29, 1.82) is 0 Å². The summed E-state index contributed by atoms with van der Waals surface area (Å²) >= 11 is 0. The Labute approximate surface area is 121 Å². The maximum Gasteiger partial charge on any atom is 0.270 e. The summed E-state index contributed by atoms with van der Waals surface area (Å²) in [5.74, 6) is 0.157. The Balaban J connectivity index is 2.48. The van der Waals surface area contributed by atoms with Crippen LogP contribution in [-0.2, 0) is 7.05 Å². The van der Waals surface area contributed by atoms with E-state index >= 15 is 0 Å². The molecule has 20 heavy (non-hydrogen) atoms. The van der Waals surface area contributed by atoms with Gasteiger partial charge in [0.2, 0.25) is 0 Å². The third-order valence-electron chi connectivity index (χ3n) is 3.84. The number of aryl methyl sites for hydroxylation is 2. The van der Waals surface area contributed by atoms with Crippen molar-refractivity contribution in [3.05, 3.63) is 35.5 Å². The number of rotatable bonds is 5. The molecule has 3 heteroatoms. The lowest BCUT2D eigenvalue weighted by Gasteiger charge is -2.22. The minimum absolute atomic E-state index is 0.157. The summed E-state index contributed by atoms with van der Waals surface area (Å²) in [6.45, 7) is 7.93. The van der Waals surface area contributed by atoms with Gasteiger partial charge in [-0.25, -0.2) is 0 Å². The third kappa shape index (κ3) is 2.45. The normalized spacial score (nSPS) is 11.0. The van der Waals surface area contributed by atoms with Crippen molar-refractivity contribution in [2.24, 2.45) is 7.05 Å². The van der Waals surface area contributed by atoms with Gasteiger partial charge in [0.25, 0.3) is 5.91 Å². The standard InChI is InChI=1S/C17H24N2O/c1-5-11-19(12-6-2)17(20)16-13(3)14-9-7-8-10-15(14)18(16)4/h7-10H,5-6,11-12H2,1-4H3. The second kappa shape index (κ2) is 6.12. The number of fused-ring (bicyclic) bond motifs is 1. The van der Waals surface area contributed by atoms with Gasteiger partial charge in [0.15, 0.2) is 0 Å². The Morgan fingerprint density at radius 3 is 2.30 bits per heavy atom. The Bertz CT molecular complexity index is 568. The maximum atomic E-state index is 12.8. The SMILES string of the molecule is CCCN(CCC)C(=O)c1c(C)c2ccccc2n1C. The van der Waals surface area contributed by atoms with Crippen LogP contribution < -0.4 is 0 Å². The van der Waals surface area contributed by atoms with Crippen LogP contribution in [0.15, 0.2) is 24.3 Å². The predicted octanol–water partition coefficient (Wildman–Crippen LogP) is 3.75. The molecule has 1 aromatic heterocycles. The molecule has 2 aromatic rings. The van der Waals surface area contributed by atoms with E-state index in [1.165, 1.54) is 5.39 Å². The van der Waals surface area contributed by atoms with Crippen molar-refractivity contribution in [2.45, 2.75) is 33.6 Å². The fraction of sp³-hybridized carbons (Fsp3) is 0.471. The highest BCUT2D eigenvalue weighted by Gasteiger charge is 2.22. The molecule has 0 radical (unpaired) electrons. The van der Waals surface area contributed by atoms with Crippen molar-refractivity contribution in [1.82, 2.24) is 9.47 Å². The molecule has 0 atom stereocenters. The highest BCUT2D eigenvalue weighted by Crippen LogP contribution is 2.25. The van der Waals surface area contributed by atoms with Crippen LogP contribution in [0.5, 0.6) is 0 Å². The highest BCUT2D eigenvalue weighted by molar-refractivity contribution is 6.01. The fourth-order valence-electron chi connectivity index (χ4n) is 2.89. The summed E-state index contributed by atoms with van der Waals surface area (Å²) in [5, 5.41) is 1.17. The van der Waals surface area contributed by atoms with E-state index < -0.39 is 0 Å². The number of carbonyl (C=O) groups excluding carboxylic acids is 1. The van der Waals surface area contributed by atoms with E-state index in [1.54, 1.807) is 0 Å². The van der Waals surface area contributed by atoms with Crippen LogP contribution in [0.1, 0.15) is 42.7 Å². The Morgan fingerprint density at radius 2 is 1.75 bits per heavy atom. The summed E-state index contributed by atoms with van der Waals surface area (Å²) in [6.07, 6.45) is 1.99. The first-order chi connectivity index (χ1) is 9.61. The lowest BCUT2D eigenvalue weighted by Crippen LogP contribution is -2.34. The van der Waals surface area contributed by atoms with Crippen molar-refractivity contribution in [3.8, 4) is 0 Å². The van der Waals surface area contributed by atoms with Crippen LogP contribution in [-0.4, -0.2) is 28.5 Å². The van der Waals surface area contributed by atoms with Crippen molar-refractivity contribution in [3.63, 3.8) is 0 Å². The summed E-state index contributed by atoms with van der Waals surface area (Å²) < 4.78 is 2.03. The molecule has 3 nitrogen and oxygen atoms in total. The molecule has 1 heterocycles. The van der Waals surface area contributed by atoms with Gasteiger partial charge in [0.05, 0.1) is 0 Å². The largest absolute Gasteiger partial charge is 0.339 e. The van der Waals surface area contributed by atoms with E-state index in [-0.39, 0.29) is 5.91 Å². The Morgan fingerprint density at radius 1 is 1.15 bits per heavy atom. The first-order valence-corrected chi connectivity index (χ1v) is 7.45. The number of hydrogen-bond acceptors (Lipinski definition) is 1. The molecule has 0 saturated carbocycles. The molecule has 0 aliphatic rings. The zero-order valence-corrected chi connectivity index (χ0v) is 12.9. The molecule has 0 spiro atoms. The average molecular weight is 272 g/mol. The average Bonchev–Trinajstić information content (AvgIpc) is 2.71. The molecular weight excluding hydrogens is 248 g/mol. The summed E-state index contributed by atoms with van der Waals surface area (Å²) in [6, 6.07) is 8.21. The van der Waals surface area contributed by atoms with Crippen LogP contribution >= 0.6 is 0 Å². The van der Waals surface area contributed by atoms with E-state index in [0.717, 1.165) is 42.7 Å². The zero-order chi connectivity index (χ0) is 14.7. The summed E-state index contributed by atoms with van der Waals surface area (Å²) in [5.41, 5.74) is 3.04. The van der Waals surface area contributed by atoms with Gasteiger partial charge in [0.1, 0.15) is 5.69 Å². The van der Waals surface area contributed by atoms with Gasteiger partial charge >= 0.3 is 0 Å². The molecule has 0 N–H and O–H groups in total. The molecule has 1 amide bonds. The first-order valence-electron chi connectivity index (χ1n) is 7.45. The predicted molar refractivity (Wildman–Crippen MR) is 84.1 cm³/mol. The molecule has 0 aliphatic heterocycles. The lowest BCUT2D eigenvalue weighted by molar-refractivity contribution is 0.0745. The molecule has 2 rings (SSSR count). The van der Waals surface area contributed by atoms with Crippen LogP contribution in [0.2, 0.25) is 0 Å². The van der Waals surface area contributed by atoms with E-state index in [4.69, 9.17) is 0 Å². The van der Waals surface area contributed by atoms with Crippen molar-refractivity contribution < 1.29 is 4.79 Å². The van der Waals surface area contributed by atoms with Gasteiger partial charge in [-0.3, -0.25) is 4.79 Å². The zero-order valence-electron chi connectivity index (χ0n) is 12.9. The van der Waals surface area contributed by atoms with Gasteiger partial charge in [-0.1, -0.05) is 32.0 Å². The topological polar surface area (TPSA) is 25.2 Å². The monoisotopic (exact) mass is 272 g/mol. The lowest BCUT2D eigenvalue weighted by atomic mass is 10.1. The molecule has 1 aromatic carbocycles. The summed E-state index contributed by atoms with van der Waals surface area (Å²) in [4.78, 5) is 14.8. The number of aromatic nitrogens is 1. The minimum atomic E-state index is 0.157. The molecule has 0 bridgehead atoms. The molecule has 0 unspecified atom stereocenters. The van der Waals surface area contributed by atoms with Gasteiger partial charge < -0.3 is 9.47 Å². The van der Waals surface area contributed by atoms with E-state index in [2.05, 4.69) is 26.0 Å². The van der Waals surface area contributed by atoms with Gasteiger partial charge in [-0.15, -0.1) is 0 Å². The number of nitrogens with zero attached hydrogens (tertiary/aromatic N) is 2. The van der Waals surface area contributed by atoms with Crippen LogP contribution in [0.25, 0.3) is 10.9 Å². The number of benzene rings is 1. The van der Waals surface area contributed by atoms with E-state index in [9.17, 15) is 4.79 Å². The number of carbonyl (C=O) groups is 1. The number of hydrogen-bond donors (Lipinski definition) is 0. The van der Waals surface area contributed by atoms with Gasteiger partial charge in [-0.2, -0.15) is 0 Å². The van der Waals surface area contributed by atoms with Crippen LogP contribution in [0, 0.1) is 6.92 Å². The Hall–Kier alpha value is -1.77. The maximum absolute atomic E-state index is 12.8.